The molecular weight excluding hydrogens is 340 g/mol. The van der Waals surface area contributed by atoms with E-state index in [-0.39, 0.29) is 6.10 Å². The molecule has 2 fully saturated rings. The SMILES string of the molecule is CCNC(=NCC(C)Oc1ccc(OC)cc1)N1CCC(N2CCCC2)C1. The third kappa shape index (κ3) is 5.51. The standard InChI is InChI=1S/C21H34N4O2/c1-4-22-21(25-14-11-18(16-25)24-12-5-6-13-24)23-15-17(2)27-20-9-7-19(26-3)8-10-20/h7-10,17-18H,4-6,11-16H2,1-3H3,(H,22,23). The molecule has 1 aromatic rings. The summed E-state index contributed by atoms with van der Waals surface area (Å²) >= 11 is 0. The molecule has 1 N–H and O–H groups in total. The van der Waals surface area contributed by atoms with Crippen LogP contribution in [0.25, 0.3) is 0 Å². The molecule has 27 heavy (non-hydrogen) atoms. The number of aliphatic imine (C=N–C) groups is 1. The number of ether oxygens (including phenoxy) is 2. The van der Waals surface area contributed by atoms with Crippen LogP contribution in [0, 0.1) is 0 Å². The van der Waals surface area contributed by atoms with Gasteiger partial charge in [-0.3, -0.25) is 4.90 Å². The monoisotopic (exact) mass is 374 g/mol. The summed E-state index contributed by atoms with van der Waals surface area (Å²) in [5.41, 5.74) is 0. The molecule has 6 nitrogen and oxygen atoms in total. The lowest BCUT2D eigenvalue weighted by atomic mass is 10.2. The summed E-state index contributed by atoms with van der Waals surface area (Å²) in [6.45, 7) is 10.4. The van der Waals surface area contributed by atoms with Crippen LogP contribution in [0.2, 0.25) is 0 Å². The van der Waals surface area contributed by atoms with E-state index in [4.69, 9.17) is 14.5 Å². The van der Waals surface area contributed by atoms with Gasteiger partial charge in [-0.05, 0) is 70.5 Å². The maximum Gasteiger partial charge on any atom is 0.194 e. The van der Waals surface area contributed by atoms with Crippen molar-refractivity contribution in [2.75, 3.05) is 46.4 Å². The minimum Gasteiger partial charge on any atom is -0.497 e. The Bertz CT molecular complexity index is 599. The number of nitrogens with zero attached hydrogens (tertiary/aromatic N) is 3. The zero-order valence-electron chi connectivity index (χ0n) is 17.0. The van der Waals surface area contributed by atoms with Gasteiger partial charge in [0.25, 0.3) is 0 Å². The molecule has 0 spiro atoms. The van der Waals surface area contributed by atoms with E-state index >= 15 is 0 Å². The number of methoxy groups -OCH3 is 1. The summed E-state index contributed by atoms with van der Waals surface area (Å²) in [7, 11) is 1.67. The van der Waals surface area contributed by atoms with Crippen LogP contribution in [0.1, 0.15) is 33.1 Å². The number of hydrogen-bond acceptors (Lipinski definition) is 4. The van der Waals surface area contributed by atoms with Crippen molar-refractivity contribution in [3.8, 4) is 11.5 Å². The Morgan fingerprint density at radius 1 is 1.19 bits per heavy atom. The van der Waals surface area contributed by atoms with Gasteiger partial charge in [-0.1, -0.05) is 0 Å². The molecule has 2 atom stereocenters. The van der Waals surface area contributed by atoms with E-state index in [1.807, 2.05) is 24.3 Å². The normalized spacial score (nSPS) is 22.1. The van der Waals surface area contributed by atoms with Crippen LogP contribution in [0.3, 0.4) is 0 Å². The summed E-state index contributed by atoms with van der Waals surface area (Å²) < 4.78 is 11.2. The fraction of sp³-hybridized carbons (Fsp3) is 0.667. The molecule has 0 aliphatic carbocycles. The molecule has 150 valence electrons. The minimum atomic E-state index is 0.0176. The molecule has 1 aromatic carbocycles. The predicted octanol–water partition coefficient (Wildman–Crippen LogP) is 2.60. The molecular formula is C21H34N4O2. The second kappa shape index (κ2) is 9.83. The van der Waals surface area contributed by atoms with Gasteiger partial charge in [-0.25, -0.2) is 4.99 Å². The molecule has 2 saturated heterocycles. The van der Waals surface area contributed by atoms with Crippen LogP contribution >= 0.6 is 0 Å². The first-order valence-electron chi connectivity index (χ1n) is 10.3. The van der Waals surface area contributed by atoms with Gasteiger partial charge in [0.05, 0.1) is 13.7 Å². The Labute approximate surface area is 163 Å². The Balaban J connectivity index is 1.53. The van der Waals surface area contributed by atoms with E-state index < -0.39 is 0 Å². The van der Waals surface area contributed by atoms with Crippen LogP contribution in [0.15, 0.2) is 29.3 Å². The average molecular weight is 375 g/mol. The number of likely N-dealkylation sites (tertiary alicyclic amines) is 2. The quantitative estimate of drug-likeness (QED) is 0.587. The smallest absolute Gasteiger partial charge is 0.194 e. The first-order chi connectivity index (χ1) is 13.2. The van der Waals surface area contributed by atoms with Crippen LogP contribution in [-0.4, -0.2) is 74.3 Å². The molecule has 0 radical (unpaired) electrons. The predicted molar refractivity (Wildman–Crippen MR) is 110 cm³/mol. The molecule has 2 aliphatic rings. The fourth-order valence-corrected chi connectivity index (χ4v) is 3.90. The van der Waals surface area contributed by atoms with E-state index in [1.54, 1.807) is 7.11 Å². The van der Waals surface area contributed by atoms with Gasteiger partial charge in [0.2, 0.25) is 0 Å². The minimum absolute atomic E-state index is 0.0176. The van der Waals surface area contributed by atoms with Crippen molar-refractivity contribution in [1.29, 1.82) is 0 Å². The number of hydrogen-bond donors (Lipinski definition) is 1. The van der Waals surface area contributed by atoms with Crippen molar-refractivity contribution in [2.24, 2.45) is 4.99 Å². The Morgan fingerprint density at radius 3 is 2.56 bits per heavy atom. The highest BCUT2D eigenvalue weighted by Crippen LogP contribution is 2.21. The molecule has 0 bridgehead atoms. The van der Waals surface area contributed by atoms with Gasteiger partial charge >= 0.3 is 0 Å². The summed E-state index contributed by atoms with van der Waals surface area (Å²) in [5.74, 6) is 2.70. The van der Waals surface area contributed by atoms with Gasteiger partial charge in [0, 0.05) is 25.7 Å². The van der Waals surface area contributed by atoms with E-state index in [0.717, 1.165) is 37.1 Å². The van der Waals surface area contributed by atoms with Crippen LogP contribution in [-0.2, 0) is 0 Å². The lowest BCUT2D eigenvalue weighted by molar-refractivity contribution is 0.229. The largest absolute Gasteiger partial charge is 0.497 e. The number of benzene rings is 1. The van der Waals surface area contributed by atoms with Crippen molar-refractivity contribution in [1.82, 2.24) is 15.1 Å². The fourth-order valence-electron chi connectivity index (χ4n) is 3.90. The summed E-state index contributed by atoms with van der Waals surface area (Å²) in [6.07, 6.45) is 3.96. The van der Waals surface area contributed by atoms with Crippen LogP contribution in [0.5, 0.6) is 11.5 Å². The average Bonchev–Trinajstić information content (AvgIpc) is 3.37. The Morgan fingerprint density at radius 2 is 1.89 bits per heavy atom. The molecule has 3 rings (SSSR count). The van der Waals surface area contributed by atoms with E-state index in [0.29, 0.717) is 12.6 Å². The maximum absolute atomic E-state index is 5.99. The third-order valence-corrected chi connectivity index (χ3v) is 5.35. The maximum atomic E-state index is 5.99. The first-order valence-corrected chi connectivity index (χ1v) is 10.3. The second-order valence-corrected chi connectivity index (χ2v) is 7.43. The van der Waals surface area contributed by atoms with E-state index in [9.17, 15) is 0 Å². The third-order valence-electron chi connectivity index (χ3n) is 5.35. The van der Waals surface area contributed by atoms with Crippen molar-refractivity contribution < 1.29 is 9.47 Å². The highest BCUT2D eigenvalue weighted by atomic mass is 16.5. The van der Waals surface area contributed by atoms with Gasteiger partial charge in [-0.15, -0.1) is 0 Å². The topological polar surface area (TPSA) is 49.3 Å². The van der Waals surface area contributed by atoms with Crippen molar-refractivity contribution >= 4 is 5.96 Å². The summed E-state index contributed by atoms with van der Waals surface area (Å²) in [4.78, 5) is 9.91. The molecule has 6 heteroatoms. The van der Waals surface area contributed by atoms with Crippen molar-refractivity contribution in [3.63, 3.8) is 0 Å². The number of guanidine groups is 1. The first kappa shape index (κ1) is 19.8. The molecule has 2 unspecified atom stereocenters. The van der Waals surface area contributed by atoms with Crippen LogP contribution in [0.4, 0.5) is 0 Å². The number of rotatable bonds is 7. The highest BCUT2D eigenvalue weighted by molar-refractivity contribution is 5.80. The summed E-state index contributed by atoms with van der Waals surface area (Å²) in [6, 6.07) is 8.39. The zero-order valence-corrected chi connectivity index (χ0v) is 17.0. The lowest BCUT2D eigenvalue weighted by Crippen LogP contribution is -2.43. The molecule has 0 amide bonds. The molecule has 0 saturated carbocycles. The lowest BCUT2D eigenvalue weighted by Gasteiger charge is -2.25. The van der Waals surface area contributed by atoms with E-state index in [2.05, 4.69) is 29.0 Å². The zero-order chi connectivity index (χ0) is 19.1. The Hall–Kier alpha value is -1.95. The van der Waals surface area contributed by atoms with Gasteiger partial charge < -0.3 is 19.7 Å². The highest BCUT2D eigenvalue weighted by Gasteiger charge is 2.30. The summed E-state index contributed by atoms with van der Waals surface area (Å²) in [5, 5.41) is 3.46. The van der Waals surface area contributed by atoms with Crippen molar-refractivity contribution in [3.05, 3.63) is 24.3 Å². The molecule has 0 aromatic heterocycles. The molecule has 2 heterocycles. The number of nitrogens with one attached hydrogen (secondary N) is 1. The second-order valence-electron chi connectivity index (χ2n) is 7.43. The van der Waals surface area contributed by atoms with Gasteiger partial charge in [-0.2, -0.15) is 0 Å². The van der Waals surface area contributed by atoms with Crippen molar-refractivity contribution in [2.45, 2.75) is 45.3 Å². The van der Waals surface area contributed by atoms with E-state index in [1.165, 1.54) is 32.4 Å². The van der Waals surface area contributed by atoms with Gasteiger partial charge in [0.1, 0.15) is 17.6 Å². The molecule has 2 aliphatic heterocycles. The van der Waals surface area contributed by atoms with Crippen LogP contribution < -0.4 is 14.8 Å². The Kier molecular flexibility index (Phi) is 7.21. The van der Waals surface area contributed by atoms with Gasteiger partial charge in [0.15, 0.2) is 5.96 Å².